The van der Waals surface area contributed by atoms with E-state index in [0.717, 1.165) is 25.7 Å². The third kappa shape index (κ3) is 1.25. The quantitative estimate of drug-likeness (QED) is 0.520. The van der Waals surface area contributed by atoms with E-state index in [1.807, 2.05) is 0 Å². The van der Waals surface area contributed by atoms with E-state index in [1.54, 1.807) is 0 Å². The molecule has 0 saturated heterocycles. The Morgan fingerprint density at radius 1 is 1.15 bits per heavy atom. The third-order valence-electron chi connectivity index (χ3n) is 3.83. The molecule has 1 heteroatoms. The Bertz CT molecular complexity index is 244. The van der Waals surface area contributed by atoms with Crippen molar-refractivity contribution >= 4 is 5.78 Å². The standard InChI is InChI=1S/C12H18O/c1-2-10-6-7-11(13)12(10)8-4-3-5-9-12/h2H,3-9H2,1H3/b10-2+. The van der Waals surface area contributed by atoms with Gasteiger partial charge in [-0.05, 0) is 26.2 Å². The van der Waals surface area contributed by atoms with Crippen molar-refractivity contribution in [3.05, 3.63) is 11.6 Å². The zero-order chi connectivity index (χ0) is 9.31. The molecule has 72 valence electrons. The summed E-state index contributed by atoms with van der Waals surface area (Å²) in [6, 6.07) is 0. The Labute approximate surface area is 80.2 Å². The molecule has 0 unspecified atom stereocenters. The van der Waals surface area contributed by atoms with Crippen molar-refractivity contribution in [3.8, 4) is 0 Å². The highest BCUT2D eigenvalue weighted by Gasteiger charge is 2.45. The van der Waals surface area contributed by atoms with Gasteiger partial charge in [-0.1, -0.05) is 30.9 Å². The zero-order valence-corrected chi connectivity index (χ0v) is 8.44. The molecule has 0 heterocycles. The van der Waals surface area contributed by atoms with Crippen molar-refractivity contribution in [1.29, 1.82) is 0 Å². The first-order chi connectivity index (χ1) is 6.29. The van der Waals surface area contributed by atoms with Crippen LogP contribution in [-0.4, -0.2) is 5.78 Å². The minimum absolute atomic E-state index is 0.0208. The molecule has 2 aliphatic carbocycles. The van der Waals surface area contributed by atoms with E-state index >= 15 is 0 Å². The third-order valence-corrected chi connectivity index (χ3v) is 3.83. The van der Waals surface area contributed by atoms with Gasteiger partial charge in [0, 0.05) is 11.8 Å². The van der Waals surface area contributed by atoms with Gasteiger partial charge in [-0.3, -0.25) is 4.79 Å². The highest BCUT2D eigenvalue weighted by Crippen LogP contribution is 2.49. The molecule has 0 aromatic rings. The van der Waals surface area contributed by atoms with Crippen molar-refractivity contribution in [2.45, 2.75) is 51.9 Å². The van der Waals surface area contributed by atoms with Gasteiger partial charge in [0.05, 0.1) is 0 Å². The van der Waals surface area contributed by atoms with E-state index in [0.29, 0.717) is 5.78 Å². The highest BCUT2D eigenvalue weighted by molar-refractivity contribution is 5.91. The van der Waals surface area contributed by atoms with Gasteiger partial charge in [0.2, 0.25) is 0 Å². The molecule has 2 rings (SSSR count). The molecule has 0 bridgehead atoms. The average molecular weight is 178 g/mol. The molecule has 0 atom stereocenters. The maximum absolute atomic E-state index is 11.9. The Balaban J connectivity index is 2.30. The van der Waals surface area contributed by atoms with Crippen molar-refractivity contribution in [1.82, 2.24) is 0 Å². The number of hydrogen-bond acceptors (Lipinski definition) is 1. The minimum atomic E-state index is 0.0208. The molecule has 0 aromatic carbocycles. The maximum Gasteiger partial charge on any atom is 0.143 e. The van der Waals surface area contributed by atoms with Crippen molar-refractivity contribution in [2.24, 2.45) is 5.41 Å². The topological polar surface area (TPSA) is 17.1 Å². The summed E-state index contributed by atoms with van der Waals surface area (Å²) in [5.41, 5.74) is 1.46. The fourth-order valence-electron chi connectivity index (χ4n) is 3.08. The Kier molecular flexibility index (Phi) is 2.27. The Morgan fingerprint density at radius 2 is 1.85 bits per heavy atom. The number of carbonyl (C=O) groups is 1. The van der Waals surface area contributed by atoms with E-state index in [2.05, 4.69) is 13.0 Å². The molecule has 0 N–H and O–H groups in total. The number of ketones is 1. The van der Waals surface area contributed by atoms with Gasteiger partial charge in [0.25, 0.3) is 0 Å². The molecule has 2 saturated carbocycles. The SMILES string of the molecule is C/C=C1\CCC(=O)C12CCCCC2. The van der Waals surface area contributed by atoms with Crippen LogP contribution >= 0.6 is 0 Å². The van der Waals surface area contributed by atoms with Crippen LogP contribution in [0.2, 0.25) is 0 Å². The summed E-state index contributed by atoms with van der Waals surface area (Å²) in [5, 5.41) is 0. The normalized spacial score (nSPS) is 30.2. The number of carbonyl (C=O) groups excluding carboxylic acids is 1. The van der Waals surface area contributed by atoms with Crippen LogP contribution in [-0.2, 0) is 4.79 Å². The van der Waals surface area contributed by atoms with Gasteiger partial charge in [0.1, 0.15) is 5.78 Å². The van der Waals surface area contributed by atoms with Crippen molar-refractivity contribution < 1.29 is 4.79 Å². The summed E-state index contributed by atoms with van der Waals surface area (Å²) in [7, 11) is 0. The molecule has 1 spiro atoms. The smallest absolute Gasteiger partial charge is 0.143 e. The van der Waals surface area contributed by atoms with Gasteiger partial charge in [0.15, 0.2) is 0 Å². The predicted octanol–water partition coefficient (Wildman–Crippen LogP) is 3.25. The molecule has 2 fully saturated rings. The van der Waals surface area contributed by atoms with Crippen LogP contribution in [0.15, 0.2) is 11.6 Å². The molecule has 2 aliphatic rings. The Hall–Kier alpha value is -0.590. The summed E-state index contributed by atoms with van der Waals surface area (Å²) in [6.07, 6.45) is 10.1. The van der Waals surface area contributed by atoms with Crippen LogP contribution in [0.4, 0.5) is 0 Å². The van der Waals surface area contributed by atoms with Gasteiger partial charge in [-0.15, -0.1) is 0 Å². The summed E-state index contributed by atoms with van der Waals surface area (Å²) in [5.74, 6) is 0.528. The predicted molar refractivity (Wildman–Crippen MR) is 53.5 cm³/mol. The van der Waals surface area contributed by atoms with Crippen LogP contribution in [0.3, 0.4) is 0 Å². The number of allylic oxidation sites excluding steroid dienone is 2. The minimum Gasteiger partial charge on any atom is -0.299 e. The van der Waals surface area contributed by atoms with E-state index < -0.39 is 0 Å². The lowest BCUT2D eigenvalue weighted by Crippen LogP contribution is -2.29. The molecule has 0 aliphatic heterocycles. The second-order valence-corrected chi connectivity index (χ2v) is 4.38. The number of Topliss-reactive ketones (excluding diaryl/α,β-unsaturated/α-hetero) is 1. The van der Waals surface area contributed by atoms with Crippen molar-refractivity contribution in [3.63, 3.8) is 0 Å². The second kappa shape index (κ2) is 3.28. The van der Waals surface area contributed by atoms with Gasteiger partial charge >= 0.3 is 0 Å². The molecule has 0 amide bonds. The van der Waals surface area contributed by atoms with Gasteiger partial charge in [-0.2, -0.15) is 0 Å². The summed E-state index contributed by atoms with van der Waals surface area (Å²) >= 11 is 0. The summed E-state index contributed by atoms with van der Waals surface area (Å²) in [6.45, 7) is 2.09. The lowest BCUT2D eigenvalue weighted by atomic mass is 9.70. The first-order valence-electron chi connectivity index (χ1n) is 5.48. The molecule has 13 heavy (non-hydrogen) atoms. The maximum atomic E-state index is 11.9. The lowest BCUT2D eigenvalue weighted by molar-refractivity contribution is -0.125. The molecular formula is C12H18O. The first-order valence-corrected chi connectivity index (χ1v) is 5.48. The summed E-state index contributed by atoms with van der Waals surface area (Å²) in [4.78, 5) is 11.9. The fraction of sp³-hybridized carbons (Fsp3) is 0.750. The Morgan fingerprint density at radius 3 is 2.46 bits per heavy atom. The van der Waals surface area contributed by atoms with Gasteiger partial charge in [-0.25, -0.2) is 0 Å². The zero-order valence-electron chi connectivity index (χ0n) is 8.44. The number of rotatable bonds is 0. The second-order valence-electron chi connectivity index (χ2n) is 4.38. The van der Waals surface area contributed by atoms with E-state index in [-0.39, 0.29) is 5.41 Å². The number of hydrogen-bond donors (Lipinski definition) is 0. The molecule has 0 aromatic heterocycles. The fourth-order valence-corrected chi connectivity index (χ4v) is 3.08. The molecule has 1 nitrogen and oxygen atoms in total. The molecular weight excluding hydrogens is 160 g/mol. The van der Waals surface area contributed by atoms with Crippen LogP contribution in [0, 0.1) is 5.41 Å². The monoisotopic (exact) mass is 178 g/mol. The molecule has 0 radical (unpaired) electrons. The first kappa shape index (κ1) is 8.98. The average Bonchev–Trinajstić information content (AvgIpc) is 2.46. The summed E-state index contributed by atoms with van der Waals surface area (Å²) < 4.78 is 0. The van der Waals surface area contributed by atoms with Crippen LogP contribution in [0.1, 0.15) is 51.9 Å². The van der Waals surface area contributed by atoms with Crippen LogP contribution in [0.25, 0.3) is 0 Å². The van der Waals surface area contributed by atoms with Crippen LogP contribution < -0.4 is 0 Å². The van der Waals surface area contributed by atoms with E-state index in [4.69, 9.17) is 0 Å². The highest BCUT2D eigenvalue weighted by atomic mass is 16.1. The van der Waals surface area contributed by atoms with Crippen molar-refractivity contribution in [2.75, 3.05) is 0 Å². The van der Waals surface area contributed by atoms with E-state index in [9.17, 15) is 4.79 Å². The van der Waals surface area contributed by atoms with E-state index in [1.165, 1.54) is 24.8 Å². The van der Waals surface area contributed by atoms with Crippen LogP contribution in [0.5, 0.6) is 0 Å². The van der Waals surface area contributed by atoms with Gasteiger partial charge < -0.3 is 0 Å². The lowest BCUT2D eigenvalue weighted by Gasteiger charge is -2.33. The largest absolute Gasteiger partial charge is 0.299 e.